The molecule has 0 aromatic heterocycles. The van der Waals surface area contributed by atoms with Crippen molar-refractivity contribution >= 4 is 0 Å². The van der Waals surface area contributed by atoms with E-state index in [1.165, 1.54) is 22.3 Å². The van der Waals surface area contributed by atoms with Crippen LogP contribution < -0.4 is 0 Å². The van der Waals surface area contributed by atoms with Crippen molar-refractivity contribution in [1.82, 2.24) is 0 Å². The van der Waals surface area contributed by atoms with Gasteiger partial charge in [0.05, 0.1) is 0 Å². The third-order valence-corrected chi connectivity index (χ3v) is 6.83. The molecule has 0 aliphatic heterocycles. The lowest BCUT2D eigenvalue weighted by Gasteiger charge is -2.35. The quantitative estimate of drug-likeness (QED) is 0.524. The van der Waals surface area contributed by atoms with Crippen LogP contribution in [0.15, 0.2) is 86.5 Å². The van der Waals surface area contributed by atoms with Crippen LogP contribution >= 0.6 is 0 Å². The Hall–Kier alpha value is -2.34. The summed E-state index contributed by atoms with van der Waals surface area (Å²) in [5, 5.41) is 0. The van der Waals surface area contributed by atoms with E-state index in [0.717, 1.165) is 32.1 Å². The van der Waals surface area contributed by atoms with Crippen molar-refractivity contribution in [3.8, 4) is 0 Å². The van der Waals surface area contributed by atoms with E-state index in [0.29, 0.717) is 5.92 Å². The van der Waals surface area contributed by atoms with Gasteiger partial charge in [-0.1, -0.05) is 66.8 Å². The molecular formula is C26H28. The first-order chi connectivity index (χ1) is 12.7. The first-order valence-corrected chi connectivity index (χ1v) is 9.70. The van der Waals surface area contributed by atoms with Gasteiger partial charge in [-0.05, 0) is 60.3 Å². The topological polar surface area (TPSA) is 0 Å². The van der Waals surface area contributed by atoms with Gasteiger partial charge in [0.1, 0.15) is 0 Å². The monoisotopic (exact) mass is 340 g/mol. The molecule has 0 nitrogen and oxygen atoms in total. The van der Waals surface area contributed by atoms with E-state index in [9.17, 15) is 0 Å². The van der Waals surface area contributed by atoms with Crippen LogP contribution in [0.4, 0.5) is 0 Å². The second-order valence-corrected chi connectivity index (χ2v) is 8.17. The van der Waals surface area contributed by atoms with Crippen molar-refractivity contribution in [2.75, 3.05) is 0 Å². The zero-order valence-electron chi connectivity index (χ0n) is 15.6. The Morgan fingerprint density at radius 3 is 2.00 bits per heavy atom. The second kappa shape index (κ2) is 6.43. The molecule has 132 valence electrons. The highest BCUT2D eigenvalue weighted by Gasteiger charge is 2.51. The van der Waals surface area contributed by atoms with Gasteiger partial charge in [-0.15, -0.1) is 19.7 Å². The van der Waals surface area contributed by atoms with Gasteiger partial charge in [-0.3, -0.25) is 0 Å². The Morgan fingerprint density at radius 1 is 0.846 bits per heavy atom. The normalized spacial score (nSPS) is 21.6. The van der Waals surface area contributed by atoms with Crippen molar-refractivity contribution in [3.63, 3.8) is 0 Å². The molecule has 26 heavy (non-hydrogen) atoms. The van der Waals surface area contributed by atoms with Crippen LogP contribution in [0.5, 0.6) is 0 Å². The lowest BCUT2D eigenvalue weighted by Crippen LogP contribution is -2.29. The summed E-state index contributed by atoms with van der Waals surface area (Å²) in [6.07, 6.45) is 11.8. The molecule has 0 radical (unpaired) electrons. The Bertz CT molecular complexity index is 819. The van der Waals surface area contributed by atoms with Crippen molar-refractivity contribution in [2.45, 2.75) is 43.4 Å². The van der Waals surface area contributed by atoms with Crippen molar-refractivity contribution in [3.05, 3.63) is 109 Å². The maximum atomic E-state index is 4.31. The fourth-order valence-electron chi connectivity index (χ4n) is 5.64. The zero-order chi connectivity index (χ0) is 18.2. The molecule has 0 N–H and O–H groups in total. The standard InChI is InChI=1S/C26H28/c1-4-15-26(16-5-2)19-24(22-13-9-10-14-23(22)26)25(6-3)17-20-11-7-8-12-21(20)18-25/h4-14,24H,1-3,15-19H2. The summed E-state index contributed by atoms with van der Waals surface area (Å²) in [5.41, 5.74) is 6.26. The third kappa shape index (κ3) is 2.43. The fourth-order valence-corrected chi connectivity index (χ4v) is 5.64. The molecule has 0 amide bonds. The number of benzene rings is 2. The van der Waals surface area contributed by atoms with Gasteiger partial charge in [0.25, 0.3) is 0 Å². The SMILES string of the molecule is C=CCC1(CC=C)CC(C2(C=C)Cc3ccccc3C2)c2ccccc21. The van der Waals surface area contributed by atoms with Gasteiger partial charge in [0.2, 0.25) is 0 Å². The van der Waals surface area contributed by atoms with Crippen LogP contribution in [0, 0.1) is 5.41 Å². The molecule has 0 fully saturated rings. The highest BCUT2D eigenvalue weighted by molar-refractivity contribution is 5.48. The highest BCUT2D eigenvalue weighted by Crippen LogP contribution is 2.60. The average molecular weight is 341 g/mol. The minimum absolute atomic E-state index is 0.115. The lowest BCUT2D eigenvalue weighted by molar-refractivity contribution is 0.273. The number of fused-ring (bicyclic) bond motifs is 2. The highest BCUT2D eigenvalue weighted by atomic mass is 14.5. The average Bonchev–Trinajstić information content (AvgIpc) is 3.20. The van der Waals surface area contributed by atoms with E-state index >= 15 is 0 Å². The molecule has 1 atom stereocenters. The number of allylic oxidation sites excluding steroid dienone is 3. The first kappa shape index (κ1) is 17.1. The number of hydrogen-bond donors (Lipinski definition) is 0. The Balaban J connectivity index is 1.82. The van der Waals surface area contributed by atoms with E-state index < -0.39 is 0 Å². The van der Waals surface area contributed by atoms with Crippen LogP contribution in [0.2, 0.25) is 0 Å². The maximum Gasteiger partial charge on any atom is 0.00306 e. The molecule has 0 spiro atoms. The molecule has 0 heterocycles. The smallest absolute Gasteiger partial charge is 0.00306 e. The molecule has 0 bridgehead atoms. The van der Waals surface area contributed by atoms with Crippen molar-refractivity contribution < 1.29 is 0 Å². The summed E-state index contributed by atoms with van der Waals surface area (Å²) < 4.78 is 0. The summed E-state index contributed by atoms with van der Waals surface area (Å²) in [4.78, 5) is 0. The minimum Gasteiger partial charge on any atom is -0.103 e. The molecule has 2 aromatic rings. The van der Waals surface area contributed by atoms with Crippen LogP contribution in [0.1, 0.15) is 47.4 Å². The summed E-state index contributed by atoms with van der Waals surface area (Å²) in [6.45, 7) is 12.4. The minimum atomic E-state index is 0.115. The van der Waals surface area contributed by atoms with Crippen molar-refractivity contribution in [1.29, 1.82) is 0 Å². The maximum absolute atomic E-state index is 4.31. The Labute approximate surface area is 158 Å². The first-order valence-electron chi connectivity index (χ1n) is 9.70. The second-order valence-electron chi connectivity index (χ2n) is 8.17. The molecule has 2 aliphatic carbocycles. The lowest BCUT2D eigenvalue weighted by atomic mass is 9.68. The molecule has 2 aromatic carbocycles. The van der Waals surface area contributed by atoms with Gasteiger partial charge in [0.15, 0.2) is 0 Å². The third-order valence-electron chi connectivity index (χ3n) is 6.83. The van der Waals surface area contributed by atoms with E-state index in [-0.39, 0.29) is 10.8 Å². The molecule has 4 rings (SSSR count). The van der Waals surface area contributed by atoms with Crippen LogP contribution in [-0.4, -0.2) is 0 Å². The predicted molar refractivity (Wildman–Crippen MR) is 112 cm³/mol. The van der Waals surface area contributed by atoms with Gasteiger partial charge in [-0.2, -0.15) is 0 Å². The predicted octanol–water partition coefficient (Wildman–Crippen LogP) is 6.54. The largest absolute Gasteiger partial charge is 0.103 e. The van der Waals surface area contributed by atoms with Gasteiger partial charge in [0, 0.05) is 10.8 Å². The molecule has 0 saturated carbocycles. The van der Waals surface area contributed by atoms with E-state index in [2.05, 4.69) is 86.5 Å². The Kier molecular flexibility index (Phi) is 4.23. The van der Waals surface area contributed by atoms with Crippen LogP contribution in [0.25, 0.3) is 0 Å². The number of hydrogen-bond acceptors (Lipinski definition) is 0. The van der Waals surface area contributed by atoms with Gasteiger partial charge >= 0.3 is 0 Å². The van der Waals surface area contributed by atoms with Gasteiger partial charge < -0.3 is 0 Å². The molecule has 0 saturated heterocycles. The summed E-state index contributed by atoms with van der Waals surface area (Å²) in [7, 11) is 0. The number of rotatable bonds is 6. The van der Waals surface area contributed by atoms with Crippen LogP contribution in [-0.2, 0) is 18.3 Å². The van der Waals surface area contributed by atoms with E-state index in [1.54, 1.807) is 0 Å². The van der Waals surface area contributed by atoms with Gasteiger partial charge in [-0.25, -0.2) is 0 Å². The molecule has 1 unspecified atom stereocenters. The van der Waals surface area contributed by atoms with Crippen molar-refractivity contribution in [2.24, 2.45) is 5.41 Å². The van der Waals surface area contributed by atoms with E-state index in [1.807, 2.05) is 0 Å². The molecule has 2 aliphatic rings. The molecular weight excluding hydrogens is 312 g/mol. The fraction of sp³-hybridized carbons (Fsp3) is 0.308. The summed E-state index contributed by atoms with van der Waals surface area (Å²) >= 11 is 0. The van der Waals surface area contributed by atoms with Crippen LogP contribution in [0.3, 0.4) is 0 Å². The summed E-state index contributed by atoms with van der Waals surface area (Å²) in [5.74, 6) is 0.503. The van der Waals surface area contributed by atoms with E-state index in [4.69, 9.17) is 0 Å². The summed E-state index contributed by atoms with van der Waals surface area (Å²) in [6, 6.07) is 18.0. The zero-order valence-corrected chi connectivity index (χ0v) is 15.6. The molecule has 0 heteroatoms. The Morgan fingerprint density at radius 2 is 1.42 bits per heavy atom.